The number of likely N-dealkylation sites (tertiary alicyclic amines) is 1. The van der Waals surface area contributed by atoms with Crippen LogP contribution in [0.5, 0.6) is 0 Å². The van der Waals surface area contributed by atoms with Crippen molar-refractivity contribution in [1.29, 1.82) is 0 Å². The van der Waals surface area contributed by atoms with Gasteiger partial charge in [-0.25, -0.2) is 4.39 Å². The molecule has 0 N–H and O–H groups in total. The van der Waals surface area contributed by atoms with E-state index in [4.69, 9.17) is 4.74 Å². The number of nitrogens with zero attached hydrogens (tertiary/aromatic N) is 1. The fourth-order valence-corrected chi connectivity index (χ4v) is 3.06. The maximum Gasteiger partial charge on any atom is 0.312 e. The standard InChI is InChI=1S/C12H20FNO2/c1-4-16-10(15)12(5-6-12)9-7-14(3)8-11(9,2)13/h9H,4-8H2,1-3H3. The molecule has 2 atom stereocenters. The minimum atomic E-state index is -1.27. The van der Waals surface area contributed by atoms with Gasteiger partial charge in [0.05, 0.1) is 12.0 Å². The maximum atomic E-state index is 14.4. The molecule has 16 heavy (non-hydrogen) atoms. The quantitative estimate of drug-likeness (QED) is 0.689. The molecule has 0 spiro atoms. The average molecular weight is 229 g/mol. The number of carbonyl (C=O) groups excluding carboxylic acids is 1. The largest absolute Gasteiger partial charge is 0.466 e. The molecule has 1 aliphatic heterocycles. The van der Waals surface area contributed by atoms with Crippen molar-refractivity contribution in [3.63, 3.8) is 0 Å². The number of alkyl halides is 1. The van der Waals surface area contributed by atoms with Gasteiger partial charge in [0.1, 0.15) is 5.67 Å². The summed E-state index contributed by atoms with van der Waals surface area (Å²) in [5.41, 5.74) is -1.79. The van der Waals surface area contributed by atoms with E-state index in [1.165, 1.54) is 0 Å². The van der Waals surface area contributed by atoms with Gasteiger partial charge in [0.15, 0.2) is 0 Å². The summed E-state index contributed by atoms with van der Waals surface area (Å²) in [5.74, 6) is -0.400. The second-order valence-electron chi connectivity index (χ2n) is 5.40. The summed E-state index contributed by atoms with van der Waals surface area (Å²) in [4.78, 5) is 13.9. The summed E-state index contributed by atoms with van der Waals surface area (Å²) in [6, 6.07) is 0. The summed E-state index contributed by atoms with van der Waals surface area (Å²) in [7, 11) is 1.90. The lowest BCUT2D eigenvalue weighted by Gasteiger charge is -2.28. The first-order valence-electron chi connectivity index (χ1n) is 5.97. The fourth-order valence-electron chi connectivity index (χ4n) is 3.06. The van der Waals surface area contributed by atoms with E-state index in [2.05, 4.69) is 0 Å². The summed E-state index contributed by atoms with van der Waals surface area (Å²) < 4.78 is 19.5. The number of hydrogen-bond donors (Lipinski definition) is 0. The predicted molar refractivity (Wildman–Crippen MR) is 58.8 cm³/mol. The van der Waals surface area contributed by atoms with E-state index in [-0.39, 0.29) is 11.9 Å². The summed E-state index contributed by atoms with van der Waals surface area (Å²) in [6.07, 6.45) is 1.56. The molecular weight excluding hydrogens is 209 g/mol. The van der Waals surface area contributed by atoms with Crippen LogP contribution in [0.3, 0.4) is 0 Å². The van der Waals surface area contributed by atoms with E-state index >= 15 is 0 Å². The van der Waals surface area contributed by atoms with Gasteiger partial charge in [0, 0.05) is 19.0 Å². The summed E-state index contributed by atoms with van der Waals surface area (Å²) >= 11 is 0. The molecule has 1 saturated carbocycles. The van der Waals surface area contributed by atoms with Crippen LogP contribution in [0, 0.1) is 11.3 Å². The van der Waals surface area contributed by atoms with E-state index in [0.717, 1.165) is 12.8 Å². The van der Waals surface area contributed by atoms with E-state index in [1.807, 2.05) is 11.9 Å². The van der Waals surface area contributed by atoms with Crippen molar-refractivity contribution in [2.75, 3.05) is 26.7 Å². The van der Waals surface area contributed by atoms with E-state index in [9.17, 15) is 9.18 Å². The van der Waals surface area contributed by atoms with Crippen molar-refractivity contribution in [1.82, 2.24) is 4.90 Å². The van der Waals surface area contributed by atoms with Crippen LogP contribution in [0.1, 0.15) is 26.7 Å². The van der Waals surface area contributed by atoms with Gasteiger partial charge in [-0.1, -0.05) is 0 Å². The smallest absolute Gasteiger partial charge is 0.312 e. The highest BCUT2D eigenvalue weighted by Gasteiger charge is 2.64. The minimum Gasteiger partial charge on any atom is -0.466 e. The van der Waals surface area contributed by atoms with Crippen molar-refractivity contribution >= 4 is 5.97 Å². The van der Waals surface area contributed by atoms with Crippen molar-refractivity contribution in [3.05, 3.63) is 0 Å². The number of esters is 1. The molecule has 1 heterocycles. The molecule has 1 aliphatic carbocycles. The molecule has 92 valence electrons. The zero-order chi connectivity index (χ0) is 12.0. The van der Waals surface area contributed by atoms with Crippen LogP contribution < -0.4 is 0 Å². The molecule has 2 unspecified atom stereocenters. The van der Waals surface area contributed by atoms with Crippen molar-refractivity contribution in [2.24, 2.45) is 11.3 Å². The van der Waals surface area contributed by atoms with E-state index in [0.29, 0.717) is 19.7 Å². The SMILES string of the molecule is CCOC(=O)C1(C2CN(C)CC2(C)F)CC1. The molecule has 2 fully saturated rings. The fraction of sp³-hybridized carbons (Fsp3) is 0.917. The monoisotopic (exact) mass is 229 g/mol. The Balaban J connectivity index is 2.15. The van der Waals surface area contributed by atoms with Crippen LogP contribution in [0.15, 0.2) is 0 Å². The molecule has 4 heteroatoms. The molecule has 2 rings (SSSR count). The summed E-state index contributed by atoms with van der Waals surface area (Å²) in [6.45, 7) is 4.86. The first kappa shape index (κ1) is 11.8. The van der Waals surface area contributed by atoms with Gasteiger partial charge in [-0.3, -0.25) is 4.79 Å². The zero-order valence-electron chi connectivity index (χ0n) is 10.3. The minimum absolute atomic E-state index is 0.195. The Kier molecular flexibility index (Phi) is 2.73. The van der Waals surface area contributed by atoms with Gasteiger partial charge in [0.25, 0.3) is 0 Å². The Hall–Kier alpha value is -0.640. The molecule has 0 radical (unpaired) electrons. The van der Waals surface area contributed by atoms with E-state index < -0.39 is 11.1 Å². The lowest BCUT2D eigenvalue weighted by molar-refractivity contribution is -0.154. The Morgan fingerprint density at radius 1 is 1.56 bits per heavy atom. The van der Waals surface area contributed by atoms with Crippen LogP contribution in [0.25, 0.3) is 0 Å². The van der Waals surface area contributed by atoms with E-state index in [1.54, 1.807) is 13.8 Å². The third-order valence-corrected chi connectivity index (χ3v) is 3.94. The zero-order valence-corrected chi connectivity index (χ0v) is 10.3. The van der Waals surface area contributed by atoms with Gasteiger partial charge in [-0.05, 0) is 33.7 Å². The highest BCUT2D eigenvalue weighted by atomic mass is 19.1. The number of rotatable bonds is 3. The van der Waals surface area contributed by atoms with Gasteiger partial charge in [-0.15, -0.1) is 0 Å². The van der Waals surface area contributed by atoms with Gasteiger partial charge < -0.3 is 9.64 Å². The number of halogens is 1. The predicted octanol–water partition coefficient (Wildman–Crippen LogP) is 1.62. The Bertz CT molecular complexity index is 299. The number of carbonyl (C=O) groups is 1. The highest BCUT2D eigenvalue weighted by molar-refractivity contribution is 5.80. The molecule has 0 aromatic heterocycles. The Morgan fingerprint density at radius 3 is 2.56 bits per heavy atom. The third-order valence-electron chi connectivity index (χ3n) is 3.94. The highest BCUT2D eigenvalue weighted by Crippen LogP contribution is 2.58. The lowest BCUT2D eigenvalue weighted by atomic mass is 9.80. The normalized spacial score (nSPS) is 37.4. The Morgan fingerprint density at radius 2 is 2.19 bits per heavy atom. The molecule has 1 saturated heterocycles. The molecule has 3 nitrogen and oxygen atoms in total. The number of hydrogen-bond acceptors (Lipinski definition) is 3. The van der Waals surface area contributed by atoms with Crippen molar-refractivity contribution in [3.8, 4) is 0 Å². The van der Waals surface area contributed by atoms with Gasteiger partial charge >= 0.3 is 5.97 Å². The Labute approximate surface area is 95.9 Å². The first-order valence-corrected chi connectivity index (χ1v) is 5.97. The molecular formula is C12H20FNO2. The first-order chi connectivity index (χ1) is 7.42. The van der Waals surface area contributed by atoms with Crippen LogP contribution in [0.2, 0.25) is 0 Å². The number of ether oxygens (including phenoxy) is 1. The second kappa shape index (κ2) is 3.69. The second-order valence-corrected chi connectivity index (χ2v) is 5.40. The maximum absolute atomic E-state index is 14.4. The van der Waals surface area contributed by atoms with Crippen molar-refractivity contribution in [2.45, 2.75) is 32.4 Å². The molecule has 0 aromatic rings. The molecule has 0 amide bonds. The molecule has 0 bridgehead atoms. The van der Waals surface area contributed by atoms with Crippen LogP contribution in [-0.2, 0) is 9.53 Å². The average Bonchev–Trinajstić information content (AvgIpc) is 2.89. The summed E-state index contributed by atoms with van der Waals surface area (Å²) in [5, 5.41) is 0. The van der Waals surface area contributed by atoms with Gasteiger partial charge in [0.2, 0.25) is 0 Å². The van der Waals surface area contributed by atoms with Crippen molar-refractivity contribution < 1.29 is 13.9 Å². The topological polar surface area (TPSA) is 29.5 Å². The van der Waals surface area contributed by atoms with Crippen LogP contribution >= 0.6 is 0 Å². The van der Waals surface area contributed by atoms with Crippen LogP contribution in [0.4, 0.5) is 4.39 Å². The molecule has 0 aromatic carbocycles. The third kappa shape index (κ3) is 1.73. The molecule has 2 aliphatic rings. The van der Waals surface area contributed by atoms with Gasteiger partial charge in [-0.2, -0.15) is 0 Å². The van der Waals surface area contributed by atoms with Crippen LogP contribution in [-0.4, -0.2) is 43.3 Å². The lowest BCUT2D eigenvalue weighted by Crippen LogP contribution is -2.39.